The van der Waals surface area contributed by atoms with Crippen LogP contribution in [0.4, 0.5) is 29.5 Å². The van der Waals surface area contributed by atoms with E-state index >= 15 is 0 Å². The van der Waals surface area contributed by atoms with Crippen LogP contribution in [-0.4, -0.2) is 72.8 Å². The van der Waals surface area contributed by atoms with Gasteiger partial charge in [-0.15, -0.1) is 10.2 Å². The number of tetrazole rings is 1. The number of nitriles is 3. The fourth-order valence-corrected chi connectivity index (χ4v) is 10.9. The minimum Gasteiger partial charge on any atom is -0.368 e. The lowest BCUT2D eigenvalue weighted by molar-refractivity contribution is 0.742. The van der Waals surface area contributed by atoms with Gasteiger partial charge in [0.2, 0.25) is 17.8 Å². The highest BCUT2D eigenvalue weighted by molar-refractivity contribution is 9.08. The molecule has 9 N–H and O–H groups in total. The van der Waals surface area contributed by atoms with E-state index in [0.717, 1.165) is 105 Å². The van der Waals surface area contributed by atoms with E-state index < -0.39 is 0 Å². The van der Waals surface area contributed by atoms with Crippen LogP contribution >= 0.6 is 27.5 Å². The van der Waals surface area contributed by atoms with E-state index in [9.17, 15) is 0 Å². The normalized spacial score (nSPS) is 10.9. The van der Waals surface area contributed by atoms with Crippen molar-refractivity contribution in [1.29, 1.82) is 15.8 Å². The highest BCUT2D eigenvalue weighted by atomic mass is 79.9. The largest absolute Gasteiger partial charge is 0.368 e. The summed E-state index contributed by atoms with van der Waals surface area (Å²) in [5.74, 6) is 3.06. The van der Waals surface area contributed by atoms with Gasteiger partial charge in [0.25, 0.3) is 0 Å². The van der Waals surface area contributed by atoms with E-state index in [1.165, 1.54) is 70.2 Å². The maximum absolute atomic E-state index is 8.97. The number of nitrogens with one attached hydrogen (secondary N) is 3. The molecule has 10 aromatic rings. The number of aromatic amines is 1. The molecule has 0 atom stereocenters. The fraction of sp³-hybridized carbons (Fsp3) is 0.333. The minimum absolute atomic E-state index is 0.236. The van der Waals surface area contributed by atoms with Crippen molar-refractivity contribution in [2.75, 3.05) is 40.9 Å². The molecule has 0 bridgehead atoms. The Labute approximate surface area is 546 Å². The Balaban J connectivity index is 0.000000174. The van der Waals surface area contributed by atoms with Crippen LogP contribution in [0.15, 0.2) is 103 Å². The van der Waals surface area contributed by atoms with Crippen LogP contribution < -0.4 is 27.8 Å². The average Bonchev–Trinajstić information content (AvgIpc) is 1.75. The molecule has 1 aliphatic carbocycles. The zero-order valence-corrected chi connectivity index (χ0v) is 55.3. The second kappa shape index (κ2) is 34.9. The van der Waals surface area contributed by atoms with Gasteiger partial charge >= 0.3 is 0 Å². The van der Waals surface area contributed by atoms with Gasteiger partial charge in [-0.3, -0.25) is 0 Å². The van der Waals surface area contributed by atoms with Crippen LogP contribution in [0, 0.1) is 68.6 Å². The monoisotopic (exact) mass is 1300 g/mol. The molecule has 20 nitrogen and oxygen atoms in total. The molecule has 4 aromatic carbocycles. The maximum atomic E-state index is 8.97. The van der Waals surface area contributed by atoms with Gasteiger partial charge in [0.15, 0.2) is 17.5 Å². The third-order valence-corrected chi connectivity index (χ3v) is 16.2. The molecule has 0 fully saturated rings. The predicted octanol–water partition coefficient (Wildman–Crippen LogP) is 13.7. The lowest BCUT2D eigenvalue weighted by atomic mass is 10.0. The molecular formula is C69H80BrClN20. The van der Waals surface area contributed by atoms with Gasteiger partial charge in [-0.1, -0.05) is 151 Å². The number of H-pyrrole nitrogens is 1. The number of aromatic nitrogens is 12. The molecule has 0 saturated heterocycles. The first-order chi connectivity index (χ1) is 44.0. The smallest absolute Gasteiger partial charge is 0.222 e. The standard InChI is InChI=1S/C21H27N9.C21H26N6.C10H10BrN.C10H11N.C7H6ClN3/c1-3-4-5-9-23-20-19-17(24-21(22)25-20)8-10-30(19)13-16-11-15(7-6-14(16)2)12-18-26-28-29-27-18;1-3-4-5-11-24-20-19-18(25-21(23)26-20)9-12-27(19)14-17-13-16(8-10-22)7-6-15(17)2;1-8-2-3-9(4-5-12)6-10(8)7-11;1-8-3-4-10(5-6-11)7-9(8)2;8-6-4-2-1-3-5(4)10-7(9)11-6/h6-8,10-11H,3-5,9,12-13H2,1-2H3,(H3,22,23,24,25)(H,26,27,28,29);6-7,9,12-13H,3-5,8,11,14H2,1-2H3,(H3,23,24,25,26);2-3,6H,4,7H2,1H3;3-4,7H,5H2,1-2H3;1,3H,2H2,(H2,9,10,11). The average molecular weight is 1300 g/mol. The summed E-state index contributed by atoms with van der Waals surface area (Å²) in [6, 6.07) is 35.4. The molecule has 0 spiro atoms. The van der Waals surface area contributed by atoms with Crippen molar-refractivity contribution >= 4 is 85.2 Å². The molecule has 470 valence electrons. The number of aryl methyl sites for hydroxylation is 5. The van der Waals surface area contributed by atoms with Crippen molar-refractivity contribution in [3.63, 3.8) is 0 Å². The molecule has 6 aromatic heterocycles. The molecule has 11 rings (SSSR count). The second-order valence-corrected chi connectivity index (χ2v) is 23.1. The Bertz CT molecular complexity index is 4190. The summed E-state index contributed by atoms with van der Waals surface area (Å²) in [5.41, 5.74) is 37.0. The number of benzene rings is 4. The summed E-state index contributed by atoms with van der Waals surface area (Å²) < 4.78 is 4.33. The molecule has 0 unspecified atom stereocenters. The number of nitrogens with two attached hydrogens (primary N) is 3. The number of unbranched alkanes of at least 4 members (excludes halogenated alkanes) is 4. The topological polar surface area (TPSA) is 315 Å². The van der Waals surface area contributed by atoms with Gasteiger partial charge in [0.05, 0.1) is 54.2 Å². The fourth-order valence-electron chi connectivity index (χ4n) is 10.0. The van der Waals surface area contributed by atoms with Crippen molar-refractivity contribution in [2.24, 2.45) is 0 Å². The predicted molar refractivity (Wildman–Crippen MR) is 369 cm³/mol. The van der Waals surface area contributed by atoms with Crippen LogP contribution in [0.5, 0.6) is 0 Å². The maximum Gasteiger partial charge on any atom is 0.222 e. The first-order valence-electron chi connectivity index (χ1n) is 30.5. The summed E-state index contributed by atoms with van der Waals surface area (Å²) in [6.07, 6.45) is 17.8. The SMILES string of the molecule is CCCCCNc1nc(N)nc2ccn(Cc3cc(CC#N)ccc3C)c12.CCCCCNc1nc(N)nc2ccn(Cc3cc(Cc4nn[nH]n4)ccc3C)c12.Cc1ccc(CC#N)cc1C.Cc1ccc(CC#N)cc1CBr.Nc1nc(Cl)c2c(n1)C=CC2. The number of hydrogen-bond donors (Lipinski definition) is 6. The highest BCUT2D eigenvalue weighted by Crippen LogP contribution is 2.28. The number of alkyl halides is 1. The first kappa shape index (κ1) is 68.7. The molecule has 0 amide bonds. The minimum atomic E-state index is 0.236. The third kappa shape index (κ3) is 20.1. The number of halogens is 2. The summed E-state index contributed by atoms with van der Waals surface area (Å²) in [5, 5.41) is 48.3. The summed E-state index contributed by atoms with van der Waals surface area (Å²) in [7, 11) is 0. The Hall–Kier alpha value is -9.75. The van der Waals surface area contributed by atoms with Crippen LogP contribution in [0.2, 0.25) is 5.15 Å². The van der Waals surface area contributed by atoms with Crippen LogP contribution in [-0.2, 0) is 50.5 Å². The summed E-state index contributed by atoms with van der Waals surface area (Å²) in [6.45, 7) is 18.0. The van der Waals surface area contributed by atoms with Gasteiger partial charge in [0.1, 0.15) is 16.2 Å². The molecule has 0 aliphatic heterocycles. The van der Waals surface area contributed by atoms with Crippen LogP contribution in [0.25, 0.3) is 28.1 Å². The molecule has 0 saturated carbocycles. The van der Waals surface area contributed by atoms with E-state index in [1.54, 1.807) is 0 Å². The lowest BCUT2D eigenvalue weighted by Crippen LogP contribution is -2.09. The molecule has 22 heteroatoms. The van der Waals surface area contributed by atoms with Gasteiger partial charge in [-0.05, 0) is 139 Å². The lowest BCUT2D eigenvalue weighted by Gasteiger charge is -2.13. The third-order valence-electron chi connectivity index (χ3n) is 15.2. The summed E-state index contributed by atoms with van der Waals surface area (Å²) >= 11 is 9.21. The zero-order valence-electron chi connectivity index (χ0n) is 53.0. The quantitative estimate of drug-likeness (QED) is 0.0235. The Morgan fingerprint density at radius 2 is 1.04 bits per heavy atom. The van der Waals surface area contributed by atoms with Gasteiger partial charge in [-0.25, -0.2) is 19.9 Å². The Morgan fingerprint density at radius 3 is 1.53 bits per heavy atom. The van der Waals surface area contributed by atoms with E-state index in [-0.39, 0.29) is 17.8 Å². The number of nitrogens with zero attached hydrogens (tertiary/aromatic N) is 14. The Kier molecular flexibility index (Phi) is 26.3. The summed E-state index contributed by atoms with van der Waals surface area (Å²) in [4.78, 5) is 25.5. The molecular weight excluding hydrogens is 1220 g/mol. The van der Waals surface area contributed by atoms with Gasteiger partial charge in [-0.2, -0.15) is 31.0 Å². The van der Waals surface area contributed by atoms with Crippen molar-refractivity contribution in [2.45, 2.75) is 138 Å². The van der Waals surface area contributed by atoms with Crippen molar-refractivity contribution in [3.05, 3.63) is 192 Å². The number of anilines is 5. The van der Waals surface area contributed by atoms with Gasteiger partial charge in [0, 0.05) is 55.9 Å². The zero-order chi connectivity index (χ0) is 65.2. The van der Waals surface area contributed by atoms with E-state index in [2.05, 4.69) is 207 Å². The second-order valence-electron chi connectivity index (χ2n) is 22.2. The number of allylic oxidation sites excluding steroid dienone is 1. The van der Waals surface area contributed by atoms with Crippen LogP contribution in [0.1, 0.15) is 136 Å². The molecule has 91 heavy (non-hydrogen) atoms. The van der Waals surface area contributed by atoms with E-state index in [1.807, 2.05) is 54.9 Å². The van der Waals surface area contributed by atoms with Crippen molar-refractivity contribution < 1.29 is 0 Å². The van der Waals surface area contributed by atoms with Crippen molar-refractivity contribution in [1.82, 2.24) is 59.7 Å². The molecule has 1 aliphatic rings. The highest BCUT2D eigenvalue weighted by Gasteiger charge is 2.16. The number of hydrogen-bond acceptors (Lipinski definition) is 17. The van der Waals surface area contributed by atoms with E-state index in [0.29, 0.717) is 49.8 Å². The van der Waals surface area contributed by atoms with Crippen molar-refractivity contribution in [3.8, 4) is 18.2 Å². The number of rotatable bonds is 20. The van der Waals surface area contributed by atoms with Crippen LogP contribution in [0.3, 0.4) is 0 Å². The van der Waals surface area contributed by atoms with Gasteiger partial charge < -0.3 is 37.0 Å². The van der Waals surface area contributed by atoms with E-state index in [4.69, 9.17) is 44.6 Å². The molecule has 0 radical (unpaired) electrons. The first-order valence-corrected chi connectivity index (χ1v) is 32.0. The molecule has 6 heterocycles. The number of fused-ring (bicyclic) bond motifs is 3. The number of nitrogen functional groups attached to an aromatic ring is 3. The Morgan fingerprint density at radius 1 is 0.571 bits per heavy atom.